The Hall–Kier alpha value is -0.960. The molecule has 2 nitrogen and oxygen atoms in total. The first-order valence-corrected chi connectivity index (χ1v) is 5.29. The van der Waals surface area contributed by atoms with E-state index in [1.54, 1.807) is 17.7 Å². The van der Waals surface area contributed by atoms with Gasteiger partial charge in [-0.05, 0) is 29.9 Å². The van der Waals surface area contributed by atoms with Gasteiger partial charge in [0.25, 0.3) is 0 Å². The summed E-state index contributed by atoms with van der Waals surface area (Å²) in [6, 6.07) is 1.97. The smallest absolute Gasteiger partial charge is 0.0874 e. The normalized spacial score (nSPS) is 13.4. The van der Waals surface area contributed by atoms with Crippen LogP contribution in [0.2, 0.25) is 0 Å². The SMILES string of the molecule is CCC(C)c1snc2ccncc12. The average Bonchev–Trinajstić information content (AvgIpc) is 2.60. The van der Waals surface area contributed by atoms with E-state index in [2.05, 4.69) is 23.2 Å². The van der Waals surface area contributed by atoms with Crippen LogP contribution in [0.15, 0.2) is 18.5 Å². The van der Waals surface area contributed by atoms with E-state index in [0.717, 1.165) is 11.9 Å². The molecule has 2 rings (SSSR count). The first-order valence-electron chi connectivity index (χ1n) is 4.52. The van der Waals surface area contributed by atoms with Crippen molar-refractivity contribution in [2.45, 2.75) is 26.2 Å². The molecule has 2 aromatic rings. The molecule has 0 amide bonds. The maximum atomic E-state index is 4.39. The van der Waals surface area contributed by atoms with Crippen LogP contribution in [0.1, 0.15) is 31.1 Å². The van der Waals surface area contributed by atoms with Gasteiger partial charge in [-0.2, -0.15) is 4.37 Å². The van der Waals surface area contributed by atoms with Gasteiger partial charge in [0.1, 0.15) is 0 Å². The highest BCUT2D eigenvalue weighted by Gasteiger charge is 2.10. The van der Waals surface area contributed by atoms with Gasteiger partial charge in [0.2, 0.25) is 0 Å². The predicted molar refractivity (Wildman–Crippen MR) is 56.1 cm³/mol. The molecule has 13 heavy (non-hydrogen) atoms. The van der Waals surface area contributed by atoms with E-state index < -0.39 is 0 Å². The molecule has 1 unspecified atom stereocenters. The first kappa shape index (κ1) is 8.63. The Bertz CT molecular complexity index is 408. The topological polar surface area (TPSA) is 25.8 Å². The molecule has 0 spiro atoms. The third-order valence-electron chi connectivity index (χ3n) is 2.37. The van der Waals surface area contributed by atoms with Gasteiger partial charge in [-0.3, -0.25) is 4.98 Å². The van der Waals surface area contributed by atoms with Gasteiger partial charge in [-0.15, -0.1) is 0 Å². The fourth-order valence-corrected chi connectivity index (χ4v) is 2.30. The lowest BCUT2D eigenvalue weighted by atomic mass is 10.1. The van der Waals surface area contributed by atoms with Crippen molar-refractivity contribution in [1.82, 2.24) is 9.36 Å². The molecule has 0 aliphatic carbocycles. The van der Waals surface area contributed by atoms with Gasteiger partial charge in [-0.25, -0.2) is 0 Å². The van der Waals surface area contributed by atoms with E-state index in [-0.39, 0.29) is 0 Å². The van der Waals surface area contributed by atoms with Gasteiger partial charge >= 0.3 is 0 Å². The van der Waals surface area contributed by atoms with Crippen LogP contribution >= 0.6 is 11.5 Å². The summed E-state index contributed by atoms with van der Waals surface area (Å²) in [5.74, 6) is 0.596. The number of fused-ring (bicyclic) bond motifs is 1. The van der Waals surface area contributed by atoms with Crippen LogP contribution in [-0.2, 0) is 0 Å². The van der Waals surface area contributed by atoms with Crippen LogP contribution in [0.4, 0.5) is 0 Å². The van der Waals surface area contributed by atoms with E-state index in [1.807, 2.05) is 12.3 Å². The second-order valence-electron chi connectivity index (χ2n) is 3.25. The average molecular weight is 192 g/mol. The van der Waals surface area contributed by atoms with Crippen molar-refractivity contribution >= 4 is 22.4 Å². The zero-order valence-electron chi connectivity index (χ0n) is 7.82. The van der Waals surface area contributed by atoms with Gasteiger partial charge < -0.3 is 0 Å². The van der Waals surface area contributed by atoms with Gasteiger partial charge in [0.05, 0.1) is 5.52 Å². The molecule has 1 atom stereocenters. The van der Waals surface area contributed by atoms with Crippen molar-refractivity contribution in [3.63, 3.8) is 0 Å². The van der Waals surface area contributed by atoms with E-state index in [1.165, 1.54) is 10.3 Å². The van der Waals surface area contributed by atoms with Gasteiger partial charge in [0.15, 0.2) is 0 Å². The summed E-state index contributed by atoms with van der Waals surface area (Å²) in [4.78, 5) is 5.50. The summed E-state index contributed by atoms with van der Waals surface area (Å²) in [6.07, 6.45) is 4.87. The molecule has 2 heterocycles. The maximum Gasteiger partial charge on any atom is 0.0874 e. The Balaban J connectivity index is 2.57. The molecule has 0 bridgehead atoms. The van der Waals surface area contributed by atoms with Crippen molar-refractivity contribution in [3.05, 3.63) is 23.3 Å². The molecule has 0 saturated carbocycles. The van der Waals surface area contributed by atoms with E-state index >= 15 is 0 Å². The molecule has 2 aromatic heterocycles. The molecule has 0 radical (unpaired) electrons. The third-order valence-corrected chi connectivity index (χ3v) is 3.47. The number of aromatic nitrogens is 2. The van der Waals surface area contributed by atoms with Crippen LogP contribution in [0.3, 0.4) is 0 Å². The third kappa shape index (κ3) is 1.44. The molecule has 0 N–H and O–H groups in total. The van der Waals surface area contributed by atoms with E-state index in [9.17, 15) is 0 Å². The zero-order chi connectivity index (χ0) is 9.26. The van der Waals surface area contributed by atoms with Crippen LogP contribution in [-0.4, -0.2) is 9.36 Å². The fraction of sp³-hybridized carbons (Fsp3) is 0.400. The largest absolute Gasteiger partial charge is 0.264 e. The summed E-state index contributed by atoms with van der Waals surface area (Å²) < 4.78 is 4.39. The molecular formula is C10H12N2S. The molecule has 0 saturated heterocycles. The van der Waals surface area contributed by atoms with Gasteiger partial charge in [-0.1, -0.05) is 13.8 Å². The minimum atomic E-state index is 0.596. The number of pyridine rings is 1. The van der Waals surface area contributed by atoms with Crippen LogP contribution in [0, 0.1) is 0 Å². The summed E-state index contributed by atoms with van der Waals surface area (Å²) >= 11 is 1.61. The van der Waals surface area contributed by atoms with Crippen molar-refractivity contribution in [2.24, 2.45) is 0 Å². The Labute approximate surface area is 81.8 Å². The van der Waals surface area contributed by atoms with E-state index in [0.29, 0.717) is 5.92 Å². The lowest BCUT2D eigenvalue weighted by Gasteiger charge is -2.03. The summed E-state index contributed by atoms with van der Waals surface area (Å²) in [5.41, 5.74) is 1.08. The van der Waals surface area contributed by atoms with Crippen molar-refractivity contribution < 1.29 is 0 Å². The lowest BCUT2D eigenvalue weighted by Crippen LogP contribution is -1.87. The zero-order valence-corrected chi connectivity index (χ0v) is 8.64. The van der Waals surface area contributed by atoms with Crippen LogP contribution in [0.25, 0.3) is 10.9 Å². The molecule has 0 fully saturated rings. The molecule has 0 aliphatic heterocycles. The number of nitrogens with zero attached hydrogens (tertiary/aromatic N) is 2. The summed E-state index contributed by atoms with van der Waals surface area (Å²) in [6.45, 7) is 4.44. The van der Waals surface area contributed by atoms with Crippen molar-refractivity contribution in [1.29, 1.82) is 0 Å². The monoisotopic (exact) mass is 192 g/mol. The molecular weight excluding hydrogens is 180 g/mol. The minimum Gasteiger partial charge on any atom is -0.264 e. The Kier molecular flexibility index (Phi) is 2.27. The highest BCUT2D eigenvalue weighted by atomic mass is 32.1. The van der Waals surface area contributed by atoms with E-state index in [4.69, 9.17) is 0 Å². The van der Waals surface area contributed by atoms with Crippen LogP contribution in [0.5, 0.6) is 0 Å². The number of rotatable bonds is 2. The second-order valence-corrected chi connectivity index (χ2v) is 4.05. The minimum absolute atomic E-state index is 0.596. The van der Waals surface area contributed by atoms with Gasteiger partial charge in [0, 0.05) is 22.7 Å². The predicted octanol–water partition coefficient (Wildman–Crippen LogP) is 3.20. The molecule has 3 heteroatoms. The summed E-state index contributed by atoms with van der Waals surface area (Å²) in [5, 5.41) is 1.22. The molecule has 0 aliphatic rings. The summed E-state index contributed by atoms with van der Waals surface area (Å²) in [7, 11) is 0. The van der Waals surface area contributed by atoms with Crippen LogP contribution < -0.4 is 0 Å². The lowest BCUT2D eigenvalue weighted by molar-refractivity contribution is 0.752. The Morgan fingerprint density at radius 1 is 1.54 bits per heavy atom. The Morgan fingerprint density at radius 3 is 3.15 bits per heavy atom. The number of hydrogen-bond donors (Lipinski definition) is 0. The van der Waals surface area contributed by atoms with Crippen molar-refractivity contribution in [2.75, 3.05) is 0 Å². The Morgan fingerprint density at radius 2 is 2.38 bits per heavy atom. The quantitative estimate of drug-likeness (QED) is 0.730. The first-order chi connectivity index (χ1) is 6.33. The second kappa shape index (κ2) is 3.42. The molecule has 68 valence electrons. The number of hydrogen-bond acceptors (Lipinski definition) is 3. The maximum absolute atomic E-state index is 4.39. The fourth-order valence-electron chi connectivity index (χ4n) is 1.34. The molecule has 0 aromatic carbocycles. The highest BCUT2D eigenvalue weighted by Crippen LogP contribution is 2.30. The highest BCUT2D eigenvalue weighted by molar-refractivity contribution is 7.07. The standard InChI is InChI=1S/C10H12N2S/c1-3-7(2)10-8-6-11-5-4-9(8)12-13-10/h4-7H,3H2,1-2H3. The van der Waals surface area contributed by atoms with Crippen molar-refractivity contribution in [3.8, 4) is 0 Å².